The average molecular weight is 336 g/mol. The van der Waals surface area contributed by atoms with Crippen molar-refractivity contribution in [1.82, 2.24) is 0 Å². The Hall–Kier alpha value is -2.29. The molecule has 1 aromatic rings. The maximum absolute atomic E-state index is 12.8. The Morgan fingerprint density at radius 1 is 1.29 bits per heavy atom. The van der Waals surface area contributed by atoms with Gasteiger partial charge in [0.2, 0.25) is 5.78 Å². The van der Waals surface area contributed by atoms with Crippen LogP contribution in [0.1, 0.15) is 40.5 Å². The van der Waals surface area contributed by atoms with Crippen LogP contribution in [0.25, 0.3) is 0 Å². The lowest BCUT2D eigenvalue weighted by molar-refractivity contribution is -0.228. The van der Waals surface area contributed by atoms with Gasteiger partial charge in [0.25, 0.3) is 0 Å². The number of aliphatic hydroxyl groups is 2. The normalized spacial score (nSPS) is 35.3. The van der Waals surface area contributed by atoms with Gasteiger partial charge in [0.05, 0.1) is 24.2 Å². The topological polar surface area (TPSA) is 141 Å². The van der Waals surface area contributed by atoms with Crippen molar-refractivity contribution in [2.75, 3.05) is 0 Å². The number of fused-ring (bicyclic) bond motifs is 2. The van der Waals surface area contributed by atoms with Gasteiger partial charge in [0.1, 0.15) is 5.75 Å². The SMILES string of the molecule is C[C@@H]1O[C@@H](CC(=O)O)C[C@@]2(O)C(=O)c3cccc(O)c3C(=O)[C@]12O. The number of phenolic OH excluding ortho intramolecular Hbond substituents is 1. The van der Waals surface area contributed by atoms with E-state index >= 15 is 0 Å². The third-order valence-electron chi connectivity index (χ3n) is 4.78. The number of hydrogen-bond donors (Lipinski definition) is 4. The quantitative estimate of drug-likeness (QED) is 0.586. The number of carboxylic acids is 1. The van der Waals surface area contributed by atoms with Gasteiger partial charge in [-0.15, -0.1) is 0 Å². The van der Waals surface area contributed by atoms with Gasteiger partial charge in [0, 0.05) is 12.0 Å². The van der Waals surface area contributed by atoms with Gasteiger partial charge in [-0.3, -0.25) is 14.4 Å². The van der Waals surface area contributed by atoms with E-state index in [1.54, 1.807) is 0 Å². The van der Waals surface area contributed by atoms with Crippen LogP contribution in [-0.4, -0.2) is 61.4 Å². The Kier molecular flexibility index (Phi) is 3.52. The fourth-order valence-corrected chi connectivity index (χ4v) is 3.59. The Bertz CT molecular complexity index is 756. The molecule has 1 heterocycles. The number of aliphatic carboxylic acids is 1. The number of ether oxygens (including phenoxy) is 1. The molecule has 1 saturated heterocycles. The number of Topliss-reactive ketones (excluding diaryl/α,β-unsaturated/α-hetero) is 2. The molecule has 1 aliphatic carbocycles. The number of rotatable bonds is 2. The predicted molar refractivity (Wildman–Crippen MR) is 77.9 cm³/mol. The lowest BCUT2D eigenvalue weighted by atomic mass is 9.61. The van der Waals surface area contributed by atoms with E-state index in [4.69, 9.17) is 9.84 Å². The van der Waals surface area contributed by atoms with Gasteiger partial charge in [0.15, 0.2) is 17.0 Å². The summed E-state index contributed by atoms with van der Waals surface area (Å²) >= 11 is 0. The molecular formula is C16H16O8. The molecule has 0 aromatic heterocycles. The van der Waals surface area contributed by atoms with Crippen LogP contribution in [0.15, 0.2) is 18.2 Å². The minimum atomic E-state index is -2.61. The van der Waals surface area contributed by atoms with Crippen molar-refractivity contribution in [3.8, 4) is 5.75 Å². The smallest absolute Gasteiger partial charge is 0.305 e. The van der Waals surface area contributed by atoms with Crippen molar-refractivity contribution in [3.05, 3.63) is 29.3 Å². The molecule has 128 valence electrons. The van der Waals surface area contributed by atoms with E-state index in [1.807, 2.05) is 0 Å². The van der Waals surface area contributed by atoms with E-state index in [-0.39, 0.29) is 11.1 Å². The van der Waals surface area contributed by atoms with Gasteiger partial charge < -0.3 is 25.2 Å². The van der Waals surface area contributed by atoms with E-state index in [2.05, 4.69) is 0 Å². The van der Waals surface area contributed by atoms with Crippen LogP contribution in [0.5, 0.6) is 5.75 Å². The molecule has 0 amide bonds. The second-order valence-electron chi connectivity index (χ2n) is 6.19. The fourth-order valence-electron chi connectivity index (χ4n) is 3.59. The maximum Gasteiger partial charge on any atom is 0.305 e. The highest BCUT2D eigenvalue weighted by Gasteiger charge is 2.69. The summed E-state index contributed by atoms with van der Waals surface area (Å²) in [6, 6.07) is 3.79. The van der Waals surface area contributed by atoms with Crippen molar-refractivity contribution in [1.29, 1.82) is 0 Å². The Morgan fingerprint density at radius 2 is 1.96 bits per heavy atom. The van der Waals surface area contributed by atoms with E-state index < -0.39 is 59.5 Å². The summed E-state index contributed by atoms with van der Waals surface area (Å²) < 4.78 is 5.36. The molecule has 4 atom stereocenters. The third-order valence-corrected chi connectivity index (χ3v) is 4.78. The summed E-state index contributed by atoms with van der Waals surface area (Å²) in [5, 5.41) is 40.6. The number of aromatic hydroxyl groups is 1. The molecular weight excluding hydrogens is 320 g/mol. The van der Waals surface area contributed by atoms with Crippen molar-refractivity contribution >= 4 is 17.5 Å². The zero-order valence-electron chi connectivity index (χ0n) is 12.7. The largest absolute Gasteiger partial charge is 0.507 e. The molecule has 24 heavy (non-hydrogen) atoms. The Labute approximate surface area is 136 Å². The molecule has 3 rings (SSSR count). The summed E-state index contributed by atoms with van der Waals surface area (Å²) in [6.45, 7) is 1.27. The van der Waals surface area contributed by atoms with Crippen molar-refractivity contribution in [3.63, 3.8) is 0 Å². The molecule has 0 saturated carbocycles. The average Bonchev–Trinajstić information content (AvgIpc) is 2.49. The number of carbonyl (C=O) groups excluding carboxylic acids is 2. The second kappa shape index (κ2) is 5.10. The van der Waals surface area contributed by atoms with E-state index in [0.29, 0.717) is 0 Å². The van der Waals surface area contributed by atoms with Crippen LogP contribution >= 0.6 is 0 Å². The Morgan fingerprint density at radius 3 is 2.58 bits per heavy atom. The number of carbonyl (C=O) groups is 3. The molecule has 8 heteroatoms. The lowest BCUT2D eigenvalue weighted by Gasteiger charge is -2.52. The highest BCUT2D eigenvalue weighted by atomic mass is 16.5. The summed E-state index contributed by atoms with van der Waals surface area (Å²) in [4.78, 5) is 36.4. The monoisotopic (exact) mass is 336 g/mol. The molecule has 0 unspecified atom stereocenters. The molecule has 0 radical (unpaired) electrons. The van der Waals surface area contributed by atoms with Gasteiger partial charge in [-0.25, -0.2) is 0 Å². The number of carboxylic acid groups (broad SMARTS) is 1. The minimum absolute atomic E-state index is 0.213. The number of benzene rings is 1. The van der Waals surface area contributed by atoms with Crippen LogP contribution in [-0.2, 0) is 9.53 Å². The van der Waals surface area contributed by atoms with Crippen molar-refractivity contribution < 1.29 is 39.5 Å². The molecule has 2 aliphatic rings. The Balaban J connectivity index is 2.18. The number of ketones is 2. The van der Waals surface area contributed by atoms with Crippen LogP contribution in [0.3, 0.4) is 0 Å². The fraction of sp³-hybridized carbons (Fsp3) is 0.438. The predicted octanol–water partition coefficient (Wildman–Crippen LogP) is -0.114. The summed E-state index contributed by atoms with van der Waals surface area (Å²) in [5.41, 5.74) is -5.72. The molecule has 1 aliphatic heterocycles. The molecule has 8 nitrogen and oxygen atoms in total. The van der Waals surface area contributed by atoms with Gasteiger partial charge in [-0.1, -0.05) is 12.1 Å². The summed E-state index contributed by atoms with van der Waals surface area (Å²) in [7, 11) is 0. The van der Waals surface area contributed by atoms with Crippen LogP contribution in [0.4, 0.5) is 0 Å². The van der Waals surface area contributed by atoms with Crippen LogP contribution in [0.2, 0.25) is 0 Å². The molecule has 1 fully saturated rings. The first-order valence-corrected chi connectivity index (χ1v) is 7.36. The molecule has 1 aromatic carbocycles. The third kappa shape index (κ3) is 1.94. The standard InChI is InChI=1S/C16H16O8/c1-7-16(23)14(21)12-9(3-2-4-10(12)17)13(20)15(16,22)6-8(24-7)5-11(18)19/h2-4,7-8,17,22-23H,5-6H2,1H3,(H,18,19)/t7-,8-,15+,16+/m0/s1. The number of hydrogen-bond acceptors (Lipinski definition) is 7. The van der Waals surface area contributed by atoms with E-state index in [0.717, 1.165) is 0 Å². The number of phenols is 1. The first-order valence-electron chi connectivity index (χ1n) is 7.36. The molecule has 0 bridgehead atoms. The maximum atomic E-state index is 12.8. The second-order valence-corrected chi connectivity index (χ2v) is 6.19. The van der Waals surface area contributed by atoms with Crippen LogP contribution < -0.4 is 0 Å². The first kappa shape index (κ1) is 16.6. The van der Waals surface area contributed by atoms with Crippen molar-refractivity contribution in [2.45, 2.75) is 43.2 Å². The highest BCUT2D eigenvalue weighted by molar-refractivity contribution is 6.23. The van der Waals surface area contributed by atoms with Gasteiger partial charge >= 0.3 is 5.97 Å². The van der Waals surface area contributed by atoms with Crippen LogP contribution in [0, 0.1) is 0 Å². The highest BCUT2D eigenvalue weighted by Crippen LogP contribution is 2.47. The lowest BCUT2D eigenvalue weighted by Crippen LogP contribution is -2.75. The molecule has 0 spiro atoms. The van der Waals surface area contributed by atoms with Gasteiger partial charge in [-0.05, 0) is 13.0 Å². The molecule has 4 N–H and O–H groups in total. The zero-order chi connectivity index (χ0) is 17.9. The summed E-state index contributed by atoms with van der Waals surface area (Å²) in [5.74, 6) is -3.66. The van der Waals surface area contributed by atoms with E-state index in [1.165, 1.54) is 25.1 Å². The van der Waals surface area contributed by atoms with Crippen molar-refractivity contribution in [2.24, 2.45) is 0 Å². The van der Waals surface area contributed by atoms with Gasteiger partial charge in [-0.2, -0.15) is 0 Å². The zero-order valence-corrected chi connectivity index (χ0v) is 12.7. The van der Waals surface area contributed by atoms with E-state index in [9.17, 15) is 29.7 Å². The summed E-state index contributed by atoms with van der Waals surface area (Å²) in [6.07, 6.45) is -3.42. The minimum Gasteiger partial charge on any atom is -0.507 e. The first-order chi connectivity index (χ1) is 11.1.